The van der Waals surface area contributed by atoms with Crippen molar-refractivity contribution >= 4 is 38.1 Å². The maximum atomic E-state index is 13.6. The van der Waals surface area contributed by atoms with Crippen molar-refractivity contribution in [2.24, 2.45) is 0 Å². The van der Waals surface area contributed by atoms with Crippen LogP contribution in [0.25, 0.3) is 10.8 Å². The smallest absolute Gasteiger partial charge is 0.326 e. The van der Waals surface area contributed by atoms with Crippen LogP contribution in [0.4, 0.5) is 11.4 Å². The van der Waals surface area contributed by atoms with Crippen molar-refractivity contribution in [3.05, 3.63) is 66.2 Å². The van der Waals surface area contributed by atoms with Crippen LogP contribution in [0.2, 0.25) is 0 Å². The fraction of sp³-hybridized carbons (Fsp3) is 0.190. The van der Waals surface area contributed by atoms with E-state index in [0.717, 1.165) is 15.3 Å². The van der Waals surface area contributed by atoms with Gasteiger partial charge in [-0.25, -0.2) is 8.42 Å². The van der Waals surface area contributed by atoms with Crippen LogP contribution in [0.5, 0.6) is 0 Å². The first-order chi connectivity index (χ1) is 13.3. The number of anilines is 2. The summed E-state index contributed by atoms with van der Waals surface area (Å²) in [5.74, 6) is -0.634. The third kappa shape index (κ3) is 3.80. The summed E-state index contributed by atoms with van der Waals surface area (Å²) in [6, 6.07) is 17.2. The number of esters is 1. The van der Waals surface area contributed by atoms with E-state index in [4.69, 9.17) is 10.5 Å². The van der Waals surface area contributed by atoms with Crippen molar-refractivity contribution in [1.82, 2.24) is 0 Å². The Kier molecular flexibility index (Phi) is 5.56. The highest BCUT2D eigenvalue weighted by Gasteiger charge is 2.29. The molecule has 2 N–H and O–H groups in total. The predicted octanol–water partition coefficient (Wildman–Crippen LogP) is 3.49. The van der Waals surface area contributed by atoms with Crippen molar-refractivity contribution < 1.29 is 17.9 Å². The van der Waals surface area contributed by atoms with Gasteiger partial charge in [0.2, 0.25) is 0 Å². The molecule has 3 aromatic carbocycles. The minimum Gasteiger partial charge on any atom is -0.465 e. The number of aryl methyl sites for hydroxylation is 1. The van der Waals surface area contributed by atoms with Gasteiger partial charge in [0.25, 0.3) is 10.0 Å². The third-order valence-electron chi connectivity index (χ3n) is 4.45. The summed E-state index contributed by atoms with van der Waals surface area (Å²) >= 11 is 0. The average Bonchev–Trinajstić information content (AvgIpc) is 2.68. The van der Waals surface area contributed by atoms with Crippen LogP contribution in [-0.4, -0.2) is 27.5 Å². The van der Waals surface area contributed by atoms with E-state index in [9.17, 15) is 13.2 Å². The molecule has 0 heterocycles. The number of fused-ring (bicyclic) bond motifs is 1. The van der Waals surface area contributed by atoms with E-state index in [1.54, 1.807) is 43.3 Å². The van der Waals surface area contributed by atoms with Crippen LogP contribution >= 0.6 is 0 Å². The molecule has 0 atom stereocenters. The zero-order valence-corrected chi connectivity index (χ0v) is 16.6. The summed E-state index contributed by atoms with van der Waals surface area (Å²) in [6.07, 6.45) is 0. The van der Waals surface area contributed by atoms with Crippen molar-refractivity contribution in [3.63, 3.8) is 0 Å². The number of carbonyl (C=O) groups is 1. The van der Waals surface area contributed by atoms with Gasteiger partial charge in [-0.1, -0.05) is 42.5 Å². The molecule has 3 aromatic rings. The SMILES string of the molecule is CCOC(=O)CN(c1ccc(C)c(N)c1)S(=O)(=O)c1cccc2ccccc12. The largest absolute Gasteiger partial charge is 0.465 e. The number of hydrogen-bond acceptors (Lipinski definition) is 5. The number of sulfonamides is 1. The number of ether oxygens (including phenoxy) is 1. The average molecular weight is 398 g/mol. The Bertz CT molecular complexity index is 1120. The van der Waals surface area contributed by atoms with Gasteiger partial charge in [0, 0.05) is 11.1 Å². The number of rotatable bonds is 6. The molecule has 0 aliphatic carbocycles. The summed E-state index contributed by atoms with van der Waals surface area (Å²) in [7, 11) is -4.05. The van der Waals surface area contributed by atoms with Crippen LogP contribution in [0.1, 0.15) is 12.5 Å². The van der Waals surface area contributed by atoms with Crippen molar-refractivity contribution in [1.29, 1.82) is 0 Å². The number of nitrogens with zero attached hydrogens (tertiary/aromatic N) is 1. The normalized spacial score (nSPS) is 11.4. The maximum Gasteiger partial charge on any atom is 0.326 e. The maximum absolute atomic E-state index is 13.6. The molecule has 0 unspecified atom stereocenters. The molecule has 3 rings (SSSR count). The van der Waals surface area contributed by atoms with Gasteiger partial charge in [-0.15, -0.1) is 0 Å². The molecule has 0 saturated carbocycles. The number of nitrogen functional groups attached to an aromatic ring is 1. The zero-order valence-electron chi connectivity index (χ0n) is 15.8. The van der Waals surface area contributed by atoms with Gasteiger partial charge in [-0.3, -0.25) is 9.10 Å². The molecular formula is C21H22N2O4S. The Morgan fingerprint density at radius 1 is 1.07 bits per heavy atom. The molecule has 0 radical (unpaired) electrons. The van der Waals surface area contributed by atoms with Gasteiger partial charge in [0.15, 0.2) is 0 Å². The van der Waals surface area contributed by atoms with E-state index >= 15 is 0 Å². The monoisotopic (exact) mass is 398 g/mol. The fourth-order valence-electron chi connectivity index (χ4n) is 2.96. The zero-order chi connectivity index (χ0) is 20.3. The van der Waals surface area contributed by atoms with E-state index in [0.29, 0.717) is 16.8 Å². The van der Waals surface area contributed by atoms with Gasteiger partial charge in [-0.2, -0.15) is 0 Å². The number of carbonyl (C=O) groups excluding carboxylic acids is 1. The van der Waals surface area contributed by atoms with E-state index < -0.39 is 22.5 Å². The van der Waals surface area contributed by atoms with Crippen LogP contribution in [0.3, 0.4) is 0 Å². The molecule has 0 bridgehead atoms. The third-order valence-corrected chi connectivity index (χ3v) is 6.28. The van der Waals surface area contributed by atoms with Gasteiger partial charge < -0.3 is 10.5 Å². The lowest BCUT2D eigenvalue weighted by molar-refractivity contribution is -0.141. The van der Waals surface area contributed by atoms with Crippen molar-refractivity contribution in [3.8, 4) is 0 Å². The molecule has 146 valence electrons. The van der Waals surface area contributed by atoms with Crippen LogP contribution in [-0.2, 0) is 19.6 Å². The molecule has 0 amide bonds. The van der Waals surface area contributed by atoms with Gasteiger partial charge in [0.1, 0.15) is 6.54 Å². The Hall–Kier alpha value is -3.06. The minimum absolute atomic E-state index is 0.119. The summed E-state index contributed by atoms with van der Waals surface area (Å²) in [6.45, 7) is 3.22. The summed E-state index contributed by atoms with van der Waals surface area (Å²) < 4.78 is 33.2. The van der Waals surface area contributed by atoms with Crippen LogP contribution < -0.4 is 10.0 Å². The van der Waals surface area contributed by atoms with E-state index in [2.05, 4.69) is 0 Å². The number of benzene rings is 3. The molecule has 0 aromatic heterocycles. The highest BCUT2D eigenvalue weighted by molar-refractivity contribution is 7.93. The second-order valence-corrected chi connectivity index (χ2v) is 8.17. The van der Waals surface area contributed by atoms with Crippen molar-refractivity contribution in [2.75, 3.05) is 23.2 Å². The lowest BCUT2D eigenvalue weighted by Gasteiger charge is -2.25. The second kappa shape index (κ2) is 7.90. The molecule has 0 fully saturated rings. The van der Waals surface area contributed by atoms with Crippen LogP contribution in [0, 0.1) is 6.92 Å². The Morgan fingerprint density at radius 3 is 2.50 bits per heavy atom. The molecule has 7 heteroatoms. The first-order valence-corrected chi connectivity index (χ1v) is 10.3. The minimum atomic E-state index is -4.05. The first-order valence-electron chi connectivity index (χ1n) is 8.87. The van der Waals surface area contributed by atoms with Gasteiger partial charge in [0.05, 0.1) is 17.2 Å². The Balaban J connectivity index is 2.17. The topological polar surface area (TPSA) is 89.7 Å². The Labute approximate surface area is 164 Å². The van der Waals surface area contributed by atoms with E-state index in [-0.39, 0.29) is 11.5 Å². The molecule has 0 aliphatic heterocycles. The summed E-state index contributed by atoms with van der Waals surface area (Å²) in [5.41, 5.74) is 7.56. The molecule has 0 saturated heterocycles. The lowest BCUT2D eigenvalue weighted by atomic mass is 10.1. The van der Waals surface area contributed by atoms with Gasteiger partial charge >= 0.3 is 5.97 Å². The summed E-state index contributed by atoms with van der Waals surface area (Å²) in [4.78, 5) is 12.3. The first kappa shape index (κ1) is 19.7. The molecular weight excluding hydrogens is 376 g/mol. The standard InChI is InChI=1S/C21H22N2O4S/c1-3-27-21(24)14-23(17-12-11-15(2)19(22)13-17)28(25,26)20-10-6-8-16-7-4-5-9-18(16)20/h4-13H,3,14,22H2,1-2H3. The van der Waals surface area contributed by atoms with Crippen molar-refractivity contribution in [2.45, 2.75) is 18.7 Å². The Morgan fingerprint density at radius 2 is 1.79 bits per heavy atom. The summed E-state index contributed by atoms with van der Waals surface area (Å²) in [5, 5.41) is 1.38. The quantitative estimate of drug-likeness (QED) is 0.507. The molecule has 0 aliphatic rings. The van der Waals surface area contributed by atoms with E-state index in [1.165, 1.54) is 6.07 Å². The lowest BCUT2D eigenvalue weighted by Crippen LogP contribution is -2.36. The molecule has 6 nitrogen and oxygen atoms in total. The number of hydrogen-bond donors (Lipinski definition) is 1. The predicted molar refractivity (Wildman–Crippen MR) is 111 cm³/mol. The highest BCUT2D eigenvalue weighted by Crippen LogP contribution is 2.30. The number of nitrogens with two attached hydrogens (primary N) is 1. The van der Waals surface area contributed by atoms with Crippen LogP contribution in [0.15, 0.2) is 65.6 Å². The highest BCUT2D eigenvalue weighted by atomic mass is 32.2. The van der Waals surface area contributed by atoms with E-state index in [1.807, 2.05) is 25.1 Å². The second-order valence-electron chi connectivity index (χ2n) is 6.33. The van der Waals surface area contributed by atoms with Gasteiger partial charge in [-0.05, 0) is 43.0 Å². The molecule has 28 heavy (non-hydrogen) atoms. The fourth-order valence-corrected chi connectivity index (χ4v) is 4.58. The molecule has 0 spiro atoms.